The number of nitrogens with zero attached hydrogens (tertiary/aromatic N) is 2. The summed E-state index contributed by atoms with van der Waals surface area (Å²) >= 11 is 0. The molecule has 10 aromatic carbocycles. The van der Waals surface area contributed by atoms with Crippen LogP contribution in [0.1, 0.15) is 22.3 Å². The fourth-order valence-electron chi connectivity index (χ4n) is 12.3. The van der Waals surface area contributed by atoms with E-state index in [1.54, 1.807) is 0 Å². The van der Waals surface area contributed by atoms with Crippen LogP contribution >= 0.6 is 0 Å². The summed E-state index contributed by atoms with van der Waals surface area (Å²) in [6.45, 7) is 0. The first kappa shape index (κ1) is 35.0. The molecule has 1 spiro atoms. The van der Waals surface area contributed by atoms with Crippen LogP contribution in [0.3, 0.4) is 0 Å². The van der Waals surface area contributed by atoms with E-state index in [0.29, 0.717) is 0 Å². The van der Waals surface area contributed by atoms with Crippen LogP contribution in [-0.4, -0.2) is 8.97 Å². The van der Waals surface area contributed by atoms with Gasteiger partial charge in [0.2, 0.25) is 0 Å². The van der Waals surface area contributed by atoms with Crippen molar-refractivity contribution in [2.45, 2.75) is 5.41 Å². The summed E-state index contributed by atoms with van der Waals surface area (Å²) < 4.78 is 4.43. The molecule has 15 rings (SSSR count). The van der Waals surface area contributed by atoms with Gasteiger partial charge >= 0.3 is 0 Å². The lowest BCUT2D eigenvalue weighted by atomic mass is 9.70. The van der Waals surface area contributed by atoms with Crippen LogP contribution in [0.15, 0.2) is 223 Å². The summed E-state index contributed by atoms with van der Waals surface area (Å²) in [5, 5.41) is 7.51. The summed E-state index contributed by atoms with van der Waals surface area (Å²) in [5.41, 5.74) is 19.9. The van der Waals surface area contributed by atoms with Gasteiger partial charge in [-0.1, -0.05) is 176 Å². The monoisotopic (exact) mass is 824 g/mol. The third-order valence-corrected chi connectivity index (χ3v) is 14.9. The van der Waals surface area contributed by atoms with E-state index in [1.165, 1.54) is 77.4 Å². The van der Waals surface area contributed by atoms with Crippen molar-refractivity contribution in [1.29, 1.82) is 0 Å². The quantitative estimate of drug-likeness (QED) is 0.163. The maximum absolute atomic E-state index is 14.2. The predicted molar refractivity (Wildman–Crippen MR) is 269 cm³/mol. The molecular weight excluding hydrogens is 789 g/mol. The number of pyridine rings is 1. The van der Waals surface area contributed by atoms with Crippen molar-refractivity contribution in [2.75, 3.05) is 0 Å². The number of fused-ring (bicyclic) bond motifs is 18. The Bertz CT molecular complexity index is 4220. The van der Waals surface area contributed by atoms with Gasteiger partial charge in [0.1, 0.15) is 0 Å². The minimum Gasteiger partial charge on any atom is -0.309 e. The standard InChI is InChI=1S/C62H36N2O/c65-61-51-20-5-4-16-42(51)48-22-13-24-50-52-34-38(29-33-58(52)64(61)60(48)50)39-28-31-45-46-32-30-40(36-56(46)62(55(45)35-39)53-25-9-6-17-43(53)44-18-7-10-26-54(44)62)63-57-27-11-8-19-47(57)49-23-12-21-41(59(49)63)37-14-2-1-3-15-37/h1-36H. The van der Waals surface area contributed by atoms with Gasteiger partial charge in [0.15, 0.2) is 0 Å². The lowest BCUT2D eigenvalue weighted by Gasteiger charge is -2.31. The van der Waals surface area contributed by atoms with Crippen molar-refractivity contribution >= 4 is 59.8 Å². The Kier molecular flexibility index (Phi) is 6.76. The molecule has 0 amide bonds. The average Bonchev–Trinajstić information content (AvgIpc) is 4.08. The minimum absolute atomic E-state index is 0.0272. The first-order valence-electron chi connectivity index (χ1n) is 22.5. The van der Waals surface area contributed by atoms with Crippen LogP contribution in [-0.2, 0) is 5.41 Å². The Labute approximate surface area is 373 Å². The molecule has 65 heavy (non-hydrogen) atoms. The van der Waals surface area contributed by atoms with Gasteiger partial charge in [0.05, 0.1) is 27.5 Å². The third-order valence-electron chi connectivity index (χ3n) is 14.9. The largest absolute Gasteiger partial charge is 0.309 e. The Balaban J connectivity index is 0.996. The van der Waals surface area contributed by atoms with E-state index in [2.05, 4.69) is 205 Å². The Morgan fingerprint density at radius 3 is 1.63 bits per heavy atom. The first-order chi connectivity index (χ1) is 32.2. The van der Waals surface area contributed by atoms with Crippen LogP contribution in [0.5, 0.6) is 0 Å². The topological polar surface area (TPSA) is 26.4 Å². The molecule has 0 bridgehead atoms. The van der Waals surface area contributed by atoms with E-state index in [-0.39, 0.29) is 5.56 Å². The normalized spacial score (nSPS) is 13.4. The van der Waals surface area contributed by atoms with Crippen LogP contribution in [0, 0.1) is 0 Å². The van der Waals surface area contributed by atoms with E-state index in [4.69, 9.17) is 0 Å². The summed E-state index contributed by atoms with van der Waals surface area (Å²) in [6.07, 6.45) is 0. The molecule has 0 saturated carbocycles. The number of para-hydroxylation sites is 3. The second-order valence-corrected chi connectivity index (χ2v) is 17.9. The highest BCUT2D eigenvalue weighted by Gasteiger charge is 2.52. The van der Waals surface area contributed by atoms with Gasteiger partial charge in [0.25, 0.3) is 5.56 Å². The molecule has 300 valence electrons. The van der Waals surface area contributed by atoms with Gasteiger partial charge < -0.3 is 4.57 Å². The van der Waals surface area contributed by atoms with Crippen molar-refractivity contribution in [3.63, 3.8) is 0 Å². The summed E-state index contributed by atoms with van der Waals surface area (Å²) in [6, 6.07) is 79.9. The molecule has 3 heteroatoms. The SMILES string of the molecule is O=c1c2ccccc2c2cccc3c4cc(-c5ccc6c(c5)C5(c7ccccc7-c7ccccc75)c5cc(-n7c8ccccc8c8cccc(-c9ccccc9)c87)ccc5-6)ccc4n1c23. The van der Waals surface area contributed by atoms with Crippen molar-refractivity contribution < 1.29 is 0 Å². The second kappa shape index (κ2) is 12.6. The molecule has 0 unspecified atom stereocenters. The molecule has 0 fully saturated rings. The fraction of sp³-hybridized carbons (Fsp3) is 0.0161. The van der Waals surface area contributed by atoms with Crippen molar-refractivity contribution in [2.24, 2.45) is 0 Å². The zero-order valence-electron chi connectivity index (χ0n) is 35.1. The average molecular weight is 825 g/mol. The smallest absolute Gasteiger partial charge is 0.263 e. The van der Waals surface area contributed by atoms with Crippen molar-refractivity contribution in [3.05, 3.63) is 251 Å². The number of rotatable bonds is 3. The lowest BCUT2D eigenvalue weighted by molar-refractivity contribution is 0.793. The van der Waals surface area contributed by atoms with E-state index >= 15 is 0 Å². The lowest BCUT2D eigenvalue weighted by Crippen LogP contribution is -2.26. The van der Waals surface area contributed by atoms with E-state index in [1.807, 2.05) is 22.6 Å². The molecule has 3 nitrogen and oxygen atoms in total. The van der Waals surface area contributed by atoms with Crippen LogP contribution < -0.4 is 5.56 Å². The maximum Gasteiger partial charge on any atom is 0.263 e. The third kappa shape index (κ3) is 4.37. The van der Waals surface area contributed by atoms with Gasteiger partial charge in [-0.2, -0.15) is 0 Å². The number of hydrogen-bond donors (Lipinski definition) is 0. The fourth-order valence-corrected chi connectivity index (χ4v) is 12.3. The highest BCUT2D eigenvalue weighted by Crippen LogP contribution is 2.63. The van der Waals surface area contributed by atoms with Gasteiger partial charge in [-0.25, -0.2) is 0 Å². The van der Waals surface area contributed by atoms with E-state index in [9.17, 15) is 4.79 Å². The molecule has 0 radical (unpaired) electrons. The van der Waals surface area contributed by atoms with Crippen LogP contribution in [0.2, 0.25) is 0 Å². The maximum atomic E-state index is 14.2. The summed E-state index contributed by atoms with van der Waals surface area (Å²) in [4.78, 5) is 14.2. The number of aromatic nitrogens is 2. The molecule has 0 saturated heterocycles. The van der Waals surface area contributed by atoms with E-state index < -0.39 is 5.41 Å². The Morgan fingerprint density at radius 1 is 0.308 bits per heavy atom. The number of benzene rings is 10. The van der Waals surface area contributed by atoms with E-state index in [0.717, 1.165) is 54.8 Å². The Hall–Kier alpha value is -8.53. The highest BCUT2D eigenvalue weighted by molar-refractivity contribution is 6.21. The molecule has 0 atom stereocenters. The van der Waals surface area contributed by atoms with Gasteiger partial charge in [-0.3, -0.25) is 9.20 Å². The van der Waals surface area contributed by atoms with Crippen molar-refractivity contribution in [3.8, 4) is 50.2 Å². The van der Waals surface area contributed by atoms with Gasteiger partial charge in [-0.15, -0.1) is 0 Å². The zero-order chi connectivity index (χ0) is 42.5. The molecule has 2 aliphatic carbocycles. The molecule has 3 aromatic heterocycles. The number of hydrogen-bond acceptors (Lipinski definition) is 1. The summed E-state index contributed by atoms with van der Waals surface area (Å²) in [7, 11) is 0. The molecule has 3 heterocycles. The second-order valence-electron chi connectivity index (χ2n) is 17.9. The van der Waals surface area contributed by atoms with Gasteiger partial charge in [0, 0.05) is 43.6 Å². The van der Waals surface area contributed by atoms with Gasteiger partial charge in [-0.05, 0) is 109 Å². The highest BCUT2D eigenvalue weighted by atomic mass is 16.1. The van der Waals surface area contributed by atoms with Crippen molar-refractivity contribution in [1.82, 2.24) is 8.97 Å². The first-order valence-corrected chi connectivity index (χ1v) is 22.5. The molecule has 2 aliphatic rings. The van der Waals surface area contributed by atoms with Crippen LogP contribution in [0.4, 0.5) is 0 Å². The predicted octanol–water partition coefficient (Wildman–Crippen LogP) is 15.0. The summed E-state index contributed by atoms with van der Waals surface area (Å²) in [5.74, 6) is 0. The Morgan fingerprint density at radius 2 is 0.846 bits per heavy atom. The van der Waals surface area contributed by atoms with Crippen LogP contribution in [0.25, 0.3) is 110 Å². The molecule has 13 aromatic rings. The molecule has 0 aliphatic heterocycles. The molecule has 0 N–H and O–H groups in total. The molecular formula is C62H36N2O. The zero-order valence-corrected chi connectivity index (χ0v) is 35.1. The minimum atomic E-state index is -0.559.